The molecule has 9 heteroatoms. The first-order chi connectivity index (χ1) is 12.5. The zero-order chi connectivity index (χ0) is 18.3. The molecule has 0 spiro atoms. The molecule has 3 aliphatic rings. The lowest BCUT2D eigenvalue weighted by Gasteiger charge is -2.38. The largest absolute Gasteiger partial charge is 0.360 e. The number of nitrogens with zero attached hydrogens (tertiary/aromatic N) is 2. The summed E-state index contributed by atoms with van der Waals surface area (Å²) in [6.07, 6.45) is 5.66. The van der Waals surface area contributed by atoms with Crippen molar-refractivity contribution in [2.75, 3.05) is 11.6 Å². The lowest BCUT2D eigenvalue weighted by molar-refractivity contribution is 0.0900. The highest BCUT2D eigenvalue weighted by Crippen LogP contribution is 2.40. The second-order valence-electron chi connectivity index (χ2n) is 7.60. The van der Waals surface area contributed by atoms with Crippen molar-refractivity contribution < 1.29 is 17.7 Å². The molecule has 3 fully saturated rings. The fraction of sp³-hybridized carbons (Fsp3) is 0.765. The number of rotatable bonds is 7. The predicted molar refractivity (Wildman–Crippen MR) is 96.7 cm³/mol. The number of hydrogen-bond donors (Lipinski definition) is 1. The molecule has 1 N–H and O–H groups in total. The van der Waals surface area contributed by atoms with Crippen LogP contribution in [0.2, 0.25) is 0 Å². The van der Waals surface area contributed by atoms with Gasteiger partial charge in [0.15, 0.2) is 5.69 Å². The van der Waals surface area contributed by atoms with Gasteiger partial charge in [0.2, 0.25) is 10.0 Å². The Hall–Kier alpha value is -1.12. The standard InChI is InChI=1S/C17H24ClN3O4S/c18-6-1-7-26(23,24)21-13-4-5-14(21)9-12(8-13)19-17(22)15-10-16(25-20-15)11-2-3-11/h10-14H,1-9H2,(H,19,22)/t12?,13-,14?/m1/s1. The van der Waals surface area contributed by atoms with E-state index in [2.05, 4.69) is 10.5 Å². The summed E-state index contributed by atoms with van der Waals surface area (Å²) in [6.45, 7) is 0. The Kier molecular flexibility index (Phi) is 5.00. The average Bonchev–Trinajstić information content (AvgIpc) is 3.26. The Morgan fingerprint density at radius 3 is 2.58 bits per heavy atom. The van der Waals surface area contributed by atoms with Gasteiger partial charge in [-0.05, 0) is 44.9 Å². The first-order valence-electron chi connectivity index (χ1n) is 9.32. The van der Waals surface area contributed by atoms with E-state index in [1.165, 1.54) is 0 Å². The third-order valence-electron chi connectivity index (χ3n) is 5.60. The van der Waals surface area contributed by atoms with Crippen LogP contribution < -0.4 is 5.32 Å². The zero-order valence-electron chi connectivity index (χ0n) is 14.6. The van der Waals surface area contributed by atoms with Gasteiger partial charge in [-0.25, -0.2) is 8.42 Å². The van der Waals surface area contributed by atoms with Gasteiger partial charge in [0.1, 0.15) is 5.76 Å². The Morgan fingerprint density at radius 1 is 1.27 bits per heavy atom. The Bertz CT molecular complexity index is 763. The lowest BCUT2D eigenvalue weighted by atomic mass is 9.99. The summed E-state index contributed by atoms with van der Waals surface area (Å²) < 4.78 is 32.1. The summed E-state index contributed by atoms with van der Waals surface area (Å²) in [5.74, 6) is 1.42. The minimum atomic E-state index is -3.28. The maximum atomic E-state index is 12.6. The minimum absolute atomic E-state index is 0.0273. The van der Waals surface area contributed by atoms with E-state index in [-0.39, 0.29) is 29.8 Å². The summed E-state index contributed by atoms with van der Waals surface area (Å²) in [6, 6.07) is 1.64. The maximum absolute atomic E-state index is 12.6. The van der Waals surface area contributed by atoms with E-state index < -0.39 is 10.0 Å². The van der Waals surface area contributed by atoms with Gasteiger partial charge >= 0.3 is 0 Å². The monoisotopic (exact) mass is 401 g/mol. The Balaban J connectivity index is 1.38. The number of fused-ring (bicyclic) bond motifs is 2. The van der Waals surface area contributed by atoms with Crippen LogP contribution in [0.3, 0.4) is 0 Å². The van der Waals surface area contributed by atoms with Crippen LogP contribution >= 0.6 is 11.6 Å². The van der Waals surface area contributed by atoms with E-state index >= 15 is 0 Å². The van der Waals surface area contributed by atoms with E-state index in [0.717, 1.165) is 31.4 Å². The SMILES string of the molecule is O=C(NC1CC2CC[C@H](C1)N2S(=O)(=O)CCCCl)c1cc(C2CC2)on1. The third kappa shape index (κ3) is 3.64. The molecule has 1 aromatic heterocycles. The third-order valence-corrected chi connectivity index (χ3v) is 7.91. The van der Waals surface area contributed by atoms with Gasteiger partial charge in [-0.1, -0.05) is 5.16 Å². The molecule has 2 aliphatic heterocycles. The number of nitrogens with one attached hydrogen (secondary N) is 1. The Labute approximate surface area is 158 Å². The molecule has 3 atom stereocenters. The van der Waals surface area contributed by atoms with Gasteiger partial charge < -0.3 is 9.84 Å². The smallest absolute Gasteiger partial charge is 0.273 e. The fourth-order valence-corrected chi connectivity index (χ4v) is 6.57. The van der Waals surface area contributed by atoms with Crippen molar-refractivity contribution in [3.63, 3.8) is 0 Å². The molecule has 1 aromatic rings. The van der Waals surface area contributed by atoms with Gasteiger partial charge in [-0.2, -0.15) is 4.31 Å². The number of halogens is 1. The van der Waals surface area contributed by atoms with Crippen LogP contribution in [0.25, 0.3) is 0 Å². The van der Waals surface area contributed by atoms with Crippen molar-refractivity contribution >= 4 is 27.5 Å². The molecule has 1 amide bonds. The second kappa shape index (κ2) is 7.13. The predicted octanol–water partition coefficient (Wildman–Crippen LogP) is 2.24. The minimum Gasteiger partial charge on any atom is -0.360 e. The molecular formula is C17H24ClN3O4S. The molecule has 3 heterocycles. The topological polar surface area (TPSA) is 92.5 Å². The van der Waals surface area contributed by atoms with E-state index in [1.807, 2.05) is 0 Å². The average molecular weight is 402 g/mol. The summed E-state index contributed by atoms with van der Waals surface area (Å²) in [7, 11) is -3.28. The maximum Gasteiger partial charge on any atom is 0.273 e. The van der Waals surface area contributed by atoms with Crippen LogP contribution in [-0.2, 0) is 10.0 Å². The first-order valence-corrected chi connectivity index (χ1v) is 11.5. The molecule has 4 rings (SSSR count). The first kappa shape index (κ1) is 18.3. The molecule has 26 heavy (non-hydrogen) atoms. The number of carbonyl (C=O) groups is 1. The van der Waals surface area contributed by atoms with Gasteiger partial charge in [-0.3, -0.25) is 4.79 Å². The number of aromatic nitrogens is 1. The van der Waals surface area contributed by atoms with Crippen LogP contribution in [0.15, 0.2) is 10.6 Å². The van der Waals surface area contributed by atoms with Crippen LogP contribution in [0.5, 0.6) is 0 Å². The van der Waals surface area contributed by atoms with Gasteiger partial charge in [-0.15, -0.1) is 11.6 Å². The molecule has 1 aliphatic carbocycles. The highest BCUT2D eigenvalue weighted by Gasteiger charge is 2.46. The summed E-state index contributed by atoms with van der Waals surface area (Å²) in [5, 5.41) is 6.90. The number of hydrogen-bond acceptors (Lipinski definition) is 5. The quantitative estimate of drug-likeness (QED) is 0.707. The molecule has 0 radical (unpaired) electrons. The molecule has 0 aromatic carbocycles. The van der Waals surface area contributed by atoms with Crippen molar-refractivity contribution in [2.24, 2.45) is 0 Å². The van der Waals surface area contributed by atoms with E-state index in [0.29, 0.717) is 36.8 Å². The lowest BCUT2D eigenvalue weighted by Crippen LogP contribution is -2.52. The molecule has 7 nitrogen and oxygen atoms in total. The molecule has 2 unspecified atom stereocenters. The molecule has 2 saturated heterocycles. The fourth-order valence-electron chi connectivity index (χ4n) is 4.26. The van der Waals surface area contributed by atoms with Crippen molar-refractivity contribution in [1.29, 1.82) is 0 Å². The summed E-state index contributed by atoms with van der Waals surface area (Å²) >= 11 is 5.65. The zero-order valence-corrected chi connectivity index (χ0v) is 16.1. The summed E-state index contributed by atoms with van der Waals surface area (Å²) in [5.41, 5.74) is 0.316. The van der Waals surface area contributed by atoms with Crippen LogP contribution in [0, 0.1) is 0 Å². The van der Waals surface area contributed by atoms with Crippen LogP contribution in [0.4, 0.5) is 0 Å². The molecule has 2 bridgehead atoms. The van der Waals surface area contributed by atoms with Crippen molar-refractivity contribution in [2.45, 2.75) is 69.0 Å². The number of alkyl halides is 1. The highest BCUT2D eigenvalue weighted by atomic mass is 35.5. The highest BCUT2D eigenvalue weighted by molar-refractivity contribution is 7.89. The molecule has 144 valence electrons. The number of amides is 1. The van der Waals surface area contributed by atoms with E-state index in [1.54, 1.807) is 10.4 Å². The van der Waals surface area contributed by atoms with Gasteiger partial charge in [0.05, 0.1) is 5.75 Å². The second-order valence-corrected chi connectivity index (χ2v) is 9.98. The van der Waals surface area contributed by atoms with Crippen LogP contribution in [0.1, 0.15) is 67.1 Å². The van der Waals surface area contributed by atoms with E-state index in [9.17, 15) is 13.2 Å². The van der Waals surface area contributed by atoms with E-state index in [4.69, 9.17) is 16.1 Å². The van der Waals surface area contributed by atoms with Crippen molar-refractivity contribution in [3.8, 4) is 0 Å². The number of piperidine rings is 1. The molecule has 1 saturated carbocycles. The number of carbonyl (C=O) groups excluding carboxylic acids is 1. The van der Waals surface area contributed by atoms with Crippen molar-refractivity contribution in [1.82, 2.24) is 14.8 Å². The van der Waals surface area contributed by atoms with Crippen LogP contribution in [-0.4, -0.2) is 53.5 Å². The summed E-state index contributed by atoms with van der Waals surface area (Å²) in [4.78, 5) is 12.4. The Morgan fingerprint density at radius 2 is 1.96 bits per heavy atom. The molecular weight excluding hydrogens is 378 g/mol. The normalized spacial score (nSPS) is 29.0. The van der Waals surface area contributed by atoms with Gasteiger partial charge in [0.25, 0.3) is 5.91 Å². The van der Waals surface area contributed by atoms with Gasteiger partial charge in [0, 0.05) is 36.0 Å². The number of sulfonamides is 1. The van der Waals surface area contributed by atoms with Crippen molar-refractivity contribution in [3.05, 3.63) is 17.5 Å².